The fourth-order valence-electron chi connectivity index (χ4n) is 8.32. The Morgan fingerprint density at radius 3 is 2.15 bits per heavy atom. The quantitative estimate of drug-likeness (QED) is 0.0502. The van der Waals surface area contributed by atoms with Crippen molar-refractivity contribution in [1.82, 2.24) is 9.47 Å². The number of thiocarbonyl (C=S) groups is 1. The number of carboxylic acid groups (broad SMARTS) is 1. The number of nitrogens with zero attached hydrogens (tertiary/aromatic N) is 3. The van der Waals surface area contributed by atoms with E-state index in [1.807, 2.05) is 18.2 Å². The van der Waals surface area contributed by atoms with Crippen LogP contribution in [0.15, 0.2) is 108 Å². The van der Waals surface area contributed by atoms with Gasteiger partial charge in [0.2, 0.25) is 0 Å². The van der Waals surface area contributed by atoms with Gasteiger partial charge in [-0.1, -0.05) is 116 Å². The molecule has 4 aromatic carbocycles. The van der Waals surface area contributed by atoms with Crippen LogP contribution in [0.25, 0.3) is 22.6 Å². The van der Waals surface area contributed by atoms with E-state index in [2.05, 4.69) is 95.9 Å². The molecule has 0 spiro atoms. The van der Waals surface area contributed by atoms with E-state index >= 15 is 0 Å². The van der Waals surface area contributed by atoms with Crippen molar-refractivity contribution in [3.8, 4) is 0 Å². The molecule has 0 radical (unpaired) electrons. The van der Waals surface area contributed by atoms with Gasteiger partial charge in [-0.05, 0) is 95.5 Å². The minimum atomic E-state index is -4.32. The number of hydrogen-bond donors (Lipinski definition) is 0. The summed E-state index contributed by atoms with van der Waals surface area (Å²) < 4.78 is 34.6. The summed E-state index contributed by atoms with van der Waals surface area (Å²) in [6.07, 6.45) is 8.16. The summed E-state index contributed by atoms with van der Waals surface area (Å²) in [5, 5.41) is 11.8. The monoisotopic (exact) mass is 907 g/mol. The Bertz CT molecular complexity index is 2740. The molecule has 2 atom stereocenters. The zero-order valence-electron chi connectivity index (χ0n) is 33.8. The molecule has 8 rings (SSSR count). The molecule has 3 heterocycles. The molecule has 5 aromatic rings. The molecule has 3 aliphatic rings. The number of anilines is 2. The Kier molecular flexibility index (Phi) is 16.0. The van der Waals surface area contributed by atoms with Crippen molar-refractivity contribution in [1.29, 1.82) is 0 Å². The Morgan fingerprint density at radius 2 is 1.51 bits per heavy atom. The summed E-state index contributed by atoms with van der Waals surface area (Å²) in [5.74, 6) is -2.10. The second-order valence-corrected chi connectivity index (χ2v) is 19.0. The molecule has 1 aromatic heterocycles. The van der Waals surface area contributed by atoms with Gasteiger partial charge in [0.1, 0.15) is 13.9 Å². The number of unbranched alkanes of at least 4 members (excludes halogenated alkanes) is 2. The van der Waals surface area contributed by atoms with Gasteiger partial charge in [-0.2, -0.15) is 0 Å². The topological polar surface area (TPSA) is 143 Å². The van der Waals surface area contributed by atoms with E-state index in [1.54, 1.807) is 6.08 Å². The van der Waals surface area contributed by atoms with Crippen LogP contribution < -0.4 is 83.9 Å². The van der Waals surface area contributed by atoms with Gasteiger partial charge in [0.25, 0.3) is 11.5 Å². The number of carbonyl (C=O) groups is 2. The number of hydrogen-bond acceptors (Lipinski definition) is 11. The first-order valence-electron chi connectivity index (χ1n) is 19.4. The van der Waals surface area contributed by atoms with E-state index in [1.165, 1.54) is 10.5 Å². The summed E-state index contributed by atoms with van der Waals surface area (Å²) in [6.45, 7) is -0.537. The largest absolute Gasteiger partial charge is 1.00 e. The zero-order valence-corrected chi connectivity index (χ0v) is 41.1. The fraction of sp³-hybridized carbons (Fsp3) is 0.244. The number of thioether (sulfide) groups is 1. The molecule has 61 heavy (non-hydrogen) atoms. The van der Waals surface area contributed by atoms with Crippen molar-refractivity contribution < 1.29 is 86.8 Å². The molecule has 1 saturated carbocycles. The SMILES string of the molecule is O=C([O-])Cn1c(=O)/c(=C/c2ccc3c(c2)C2CCCC2N3c2ccc(C=C(c3ccccc3)c3ccccc3)cc2)s/c1=C1/SC(=S)N(CCCCCS(=O)(=O)[O-])C1=O.[Na+].[Na+]. The minimum absolute atomic E-state index is 0. The van der Waals surface area contributed by atoms with E-state index in [-0.39, 0.29) is 90.5 Å². The van der Waals surface area contributed by atoms with Gasteiger partial charge in [0, 0.05) is 35.6 Å². The Morgan fingerprint density at radius 1 is 0.852 bits per heavy atom. The maximum atomic E-state index is 13.8. The van der Waals surface area contributed by atoms with Crippen LogP contribution in [0, 0.1) is 0 Å². The second kappa shape index (κ2) is 20.6. The molecule has 2 fully saturated rings. The third-order valence-corrected chi connectivity index (χ3v) is 14.5. The smallest absolute Gasteiger partial charge is 0.748 e. The molecular weight excluding hydrogens is 869 g/mol. The van der Waals surface area contributed by atoms with Crippen molar-refractivity contribution >= 4 is 95.6 Å². The molecule has 1 amide bonds. The van der Waals surface area contributed by atoms with Crippen LogP contribution >= 0.6 is 35.3 Å². The van der Waals surface area contributed by atoms with Gasteiger partial charge in [-0.3, -0.25) is 19.1 Å². The van der Waals surface area contributed by atoms with E-state index in [9.17, 15) is 32.5 Å². The van der Waals surface area contributed by atoms with Gasteiger partial charge in [0.15, 0.2) is 0 Å². The standard InChI is InChI=1S/C45H41N3O7S4.2Na/c49-40(50)28-47-42(51)39(57-44(47)41-43(52)46(45(56)58-41)23-8-3-9-24-59(53,54)55)27-30-19-22-38-36(26-30)34-15-10-16-37(34)48(38)33-20-17-29(18-21-33)25-35(31-11-4-1-5-12-31)32-13-6-2-7-14-32;;/h1-2,4-7,11-14,17-22,25-27,34,37H,3,8-10,15-16,23-24,28H2,(H,49,50)(H,53,54,55);;/q;2*+1/p-2/b39-27-,44-41+;;. The maximum absolute atomic E-state index is 13.8. The normalized spacial score (nSPS) is 18.1. The maximum Gasteiger partial charge on any atom is 1.00 e. The third kappa shape index (κ3) is 10.6. The number of thiazole rings is 1. The molecule has 1 aliphatic carbocycles. The molecule has 0 bridgehead atoms. The number of carbonyl (C=O) groups excluding carboxylic acids is 2. The predicted molar refractivity (Wildman–Crippen MR) is 235 cm³/mol. The molecule has 10 nitrogen and oxygen atoms in total. The van der Waals surface area contributed by atoms with Crippen molar-refractivity contribution in [2.24, 2.45) is 0 Å². The van der Waals surface area contributed by atoms with Crippen LogP contribution in [-0.2, 0) is 26.3 Å². The second-order valence-electron chi connectivity index (χ2n) is 14.8. The van der Waals surface area contributed by atoms with Crippen LogP contribution in [0.2, 0.25) is 0 Å². The Balaban J connectivity index is 0.00000311. The van der Waals surface area contributed by atoms with Crippen LogP contribution in [0.1, 0.15) is 72.3 Å². The van der Waals surface area contributed by atoms with Crippen LogP contribution in [0.3, 0.4) is 0 Å². The van der Waals surface area contributed by atoms with E-state index in [4.69, 9.17) is 12.2 Å². The van der Waals surface area contributed by atoms with Crippen LogP contribution in [-0.4, -0.2) is 57.0 Å². The first kappa shape index (κ1) is 47.4. The van der Waals surface area contributed by atoms with Crippen LogP contribution in [0.4, 0.5) is 11.4 Å². The van der Waals surface area contributed by atoms with E-state index < -0.39 is 39.9 Å². The van der Waals surface area contributed by atoms with Crippen molar-refractivity contribution in [3.05, 3.63) is 150 Å². The van der Waals surface area contributed by atoms with Gasteiger partial charge in [0.05, 0.1) is 27.2 Å². The molecule has 2 unspecified atom stereocenters. The zero-order chi connectivity index (χ0) is 41.3. The average molecular weight is 908 g/mol. The van der Waals surface area contributed by atoms with Gasteiger partial charge < -0.3 is 19.4 Å². The number of benzene rings is 4. The van der Waals surface area contributed by atoms with Crippen LogP contribution in [0.5, 0.6) is 0 Å². The predicted octanol–water partition coefficient (Wildman–Crippen LogP) is -0.443. The van der Waals surface area contributed by atoms with Crippen molar-refractivity contribution in [2.45, 2.75) is 57.0 Å². The van der Waals surface area contributed by atoms with Crippen molar-refractivity contribution in [2.75, 3.05) is 17.2 Å². The molecule has 0 N–H and O–H groups in total. The molecule has 16 heteroatoms. The fourth-order valence-corrected chi connectivity index (χ4v) is 11.4. The number of amides is 1. The molecule has 1 saturated heterocycles. The van der Waals surface area contributed by atoms with Gasteiger partial charge in [-0.15, -0.1) is 11.3 Å². The summed E-state index contributed by atoms with van der Waals surface area (Å²) in [4.78, 5) is 43.1. The summed E-state index contributed by atoms with van der Waals surface area (Å²) in [7, 11) is -4.32. The van der Waals surface area contributed by atoms with E-state index in [0.29, 0.717) is 24.8 Å². The summed E-state index contributed by atoms with van der Waals surface area (Å²) >= 11 is 7.50. The number of aliphatic carboxylic acids is 1. The first-order valence-corrected chi connectivity index (χ1v) is 23.1. The third-order valence-electron chi connectivity index (χ3n) is 11.0. The number of carboxylic acids is 1. The van der Waals surface area contributed by atoms with Crippen molar-refractivity contribution in [3.63, 3.8) is 0 Å². The van der Waals surface area contributed by atoms with Gasteiger partial charge >= 0.3 is 59.1 Å². The molecular formula is C45H39N3Na2O7S4. The average Bonchev–Trinajstić information content (AvgIpc) is 3.96. The van der Waals surface area contributed by atoms with Gasteiger partial charge in [-0.25, -0.2) is 8.42 Å². The molecule has 302 valence electrons. The Labute approximate surface area is 412 Å². The first-order chi connectivity index (χ1) is 28.4. The number of fused-ring (bicyclic) bond motifs is 3. The Hall–Kier alpha value is -3.12. The summed E-state index contributed by atoms with van der Waals surface area (Å²) in [6, 6.07) is 36.0. The molecule has 2 aliphatic heterocycles. The summed E-state index contributed by atoms with van der Waals surface area (Å²) in [5.41, 5.74) is 8.24. The minimum Gasteiger partial charge on any atom is -0.748 e. The number of aromatic nitrogens is 1. The van der Waals surface area contributed by atoms with E-state index in [0.717, 1.165) is 86.1 Å². The number of rotatable bonds is 13.